The topological polar surface area (TPSA) is 111 Å². The molecule has 0 heterocycles. The summed E-state index contributed by atoms with van der Waals surface area (Å²) in [7, 11) is 1.16. The molecule has 418 valence electrons. The summed E-state index contributed by atoms with van der Waals surface area (Å²) in [6.07, 6.45) is 69.4. The molecule has 0 rings (SSSR count). The monoisotopic (exact) mass is 1030 g/mol. The summed E-state index contributed by atoms with van der Waals surface area (Å²) in [5.74, 6) is -0.833. The molecule has 0 aromatic heterocycles. The summed E-state index contributed by atoms with van der Waals surface area (Å²) in [4.78, 5) is 37.9. The molecule has 2 unspecified atom stereocenters. The summed E-state index contributed by atoms with van der Waals surface area (Å²) in [5.41, 5.74) is 0. The molecule has 0 saturated carbocycles. The highest BCUT2D eigenvalue weighted by Gasteiger charge is 2.22. The second-order valence-electron chi connectivity index (χ2n) is 21.0. The Morgan fingerprint density at radius 3 is 1.18 bits per heavy atom. The van der Waals surface area contributed by atoms with Gasteiger partial charge in [-0.2, -0.15) is 0 Å². The maximum atomic E-state index is 12.8. The Morgan fingerprint density at radius 2 is 0.792 bits per heavy atom. The third-order valence-electron chi connectivity index (χ3n) is 12.7. The number of esters is 2. The van der Waals surface area contributed by atoms with Gasteiger partial charge in [-0.05, 0) is 83.5 Å². The Balaban J connectivity index is 4.16. The molecule has 2 atom stereocenters. The molecular weight excluding hydrogens is 918 g/mol. The van der Waals surface area contributed by atoms with Gasteiger partial charge in [0, 0.05) is 12.8 Å². The molecular formula is C62H112NO8P. The first-order valence-electron chi connectivity index (χ1n) is 29.6. The summed E-state index contributed by atoms with van der Waals surface area (Å²) >= 11 is 0. The Kier molecular flexibility index (Phi) is 51.4. The van der Waals surface area contributed by atoms with Gasteiger partial charge in [0.25, 0.3) is 7.82 Å². The minimum absolute atomic E-state index is 0.0335. The van der Waals surface area contributed by atoms with Crippen LogP contribution in [0.4, 0.5) is 0 Å². The predicted octanol–water partition coefficient (Wildman–Crippen LogP) is 17.8. The molecule has 0 aliphatic rings. The van der Waals surface area contributed by atoms with E-state index in [9.17, 15) is 19.0 Å². The van der Waals surface area contributed by atoms with Crippen molar-refractivity contribution in [1.29, 1.82) is 0 Å². The van der Waals surface area contributed by atoms with E-state index in [1.165, 1.54) is 154 Å². The predicted molar refractivity (Wildman–Crippen MR) is 305 cm³/mol. The van der Waals surface area contributed by atoms with Crippen LogP contribution in [0.25, 0.3) is 0 Å². The first kappa shape index (κ1) is 69.5. The van der Waals surface area contributed by atoms with Crippen LogP contribution in [0.1, 0.15) is 258 Å². The van der Waals surface area contributed by atoms with Gasteiger partial charge in [-0.15, -0.1) is 0 Å². The van der Waals surface area contributed by atoms with Crippen molar-refractivity contribution in [2.45, 2.75) is 264 Å². The van der Waals surface area contributed by atoms with Gasteiger partial charge in [-0.1, -0.05) is 234 Å². The highest BCUT2D eigenvalue weighted by atomic mass is 31.2. The molecule has 0 N–H and O–H groups in total. The van der Waals surface area contributed by atoms with Crippen LogP contribution in [-0.4, -0.2) is 70.0 Å². The van der Waals surface area contributed by atoms with E-state index in [4.69, 9.17) is 18.5 Å². The third-order valence-corrected chi connectivity index (χ3v) is 13.7. The van der Waals surface area contributed by atoms with Gasteiger partial charge < -0.3 is 27.9 Å². The molecule has 0 aromatic rings. The molecule has 0 spiro atoms. The number of hydrogen-bond acceptors (Lipinski definition) is 8. The van der Waals surface area contributed by atoms with Crippen LogP contribution < -0.4 is 4.89 Å². The fourth-order valence-electron chi connectivity index (χ4n) is 8.15. The number of quaternary nitrogens is 1. The third kappa shape index (κ3) is 56.7. The van der Waals surface area contributed by atoms with E-state index < -0.39 is 26.5 Å². The van der Waals surface area contributed by atoms with Gasteiger partial charge in [-0.3, -0.25) is 14.2 Å². The average molecular weight is 1030 g/mol. The quantitative estimate of drug-likeness (QED) is 0.0195. The van der Waals surface area contributed by atoms with Crippen LogP contribution in [0.5, 0.6) is 0 Å². The number of rotatable bonds is 54. The van der Waals surface area contributed by atoms with E-state index >= 15 is 0 Å². The van der Waals surface area contributed by atoms with Crippen LogP contribution in [0.2, 0.25) is 0 Å². The first-order chi connectivity index (χ1) is 35.0. The molecule has 0 amide bonds. The molecule has 0 aliphatic carbocycles. The molecule has 9 nitrogen and oxygen atoms in total. The largest absolute Gasteiger partial charge is 0.756 e. The fourth-order valence-corrected chi connectivity index (χ4v) is 8.88. The maximum absolute atomic E-state index is 12.8. The number of carbonyl (C=O) groups excluding carboxylic acids is 2. The molecule has 72 heavy (non-hydrogen) atoms. The second kappa shape index (κ2) is 53.3. The Labute approximate surface area is 444 Å². The van der Waals surface area contributed by atoms with E-state index in [0.29, 0.717) is 17.4 Å². The number of likely N-dealkylation sites (N-methyl/N-ethyl adjacent to an activating group) is 1. The molecule has 0 aromatic carbocycles. The minimum Gasteiger partial charge on any atom is -0.756 e. The lowest BCUT2D eigenvalue weighted by atomic mass is 10.0. The summed E-state index contributed by atoms with van der Waals surface area (Å²) in [6.45, 7) is 4.13. The van der Waals surface area contributed by atoms with Gasteiger partial charge in [0.2, 0.25) is 0 Å². The van der Waals surface area contributed by atoms with Gasteiger partial charge in [-0.25, -0.2) is 0 Å². The first-order valence-corrected chi connectivity index (χ1v) is 31.1. The number of hydrogen-bond donors (Lipinski definition) is 0. The lowest BCUT2D eigenvalue weighted by Gasteiger charge is -2.28. The molecule has 10 heteroatoms. The normalized spacial score (nSPS) is 13.8. The number of ether oxygens (including phenoxy) is 2. The zero-order valence-corrected chi connectivity index (χ0v) is 48.3. The van der Waals surface area contributed by atoms with E-state index in [2.05, 4.69) is 86.8 Å². The van der Waals surface area contributed by atoms with Gasteiger partial charge >= 0.3 is 11.9 Å². The van der Waals surface area contributed by atoms with Crippen molar-refractivity contribution in [2.24, 2.45) is 0 Å². The number of phosphoric acid groups is 1. The summed E-state index contributed by atoms with van der Waals surface area (Å²) < 4.78 is 34.2. The zero-order chi connectivity index (χ0) is 52.7. The van der Waals surface area contributed by atoms with E-state index in [0.717, 1.165) is 70.6 Å². The van der Waals surface area contributed by atoms with Gasteiger partial charge in [0.05, 0.1) is 27.7 Å². The standard InChI is InChI=1S/C62H112NO8P/c1-6-8-10-12-14-16-18-20-22-24-26-28-30-31-33-35-37-39-41-43-45-47-49-51-53-55-62(65)71-60(59-70-72(66,67)69-57-56-63(3,4)5)58-68-61(64)54-52-50-48-46-44-42-40-38-36-34-32-29-27-25-23-21-19-17-15-13-11-9-7-2/h8,10,14,16,19-22,25-28,60H,6-7,9,11-13,15,17-18,23-24,29-59H2,1-5H3/b10-8-,16-14-,21-19-,22-20-,27-25-,28-26-. The van der Waals surface area contributed by atoms with Crippen molar-refractivity contribution in [3.63, 3.8) is 0 Å². The smallest absolute Gasteiger partial charge is 0.306 e. The van der Waals surface area contributed by atoms with Crippen LogP contribution in [0, 0.1) is 0 Å². The molecule has 0 aliphatic heterocycles. The minimum atomic E-state index is -4.64. The second-order valence-corrected chi connectivity index (χ2v) is 22.4. The number of phosphoric ester groups is 1. The zero-order valence-electron chi connectivity index (χ0n) is 47.4. The number of unbranched alkanes of at least 4 members (excludes halogenated alkanes) is 28. The van der Waals surface area contributed by atoms with Gasteiger partial charge in [0.1, 0.15) is 19.8 Å². The van der Waals surface area contributed by atoms with Crippen molar-refractivity contribution in [3.8, 4) is 0 Å². The van der Waals surface area contributed by atoms with Crippen LogP contribution in [-0.2, 0) is 32.7 Å². The van der Waals surface area contributed by atoms with Crippen molar-refractivity contribution in [2.75, 3.05) is 47.5 Å². The van der Waals surface area contributed by atoms with Crippen LogP contribution >= 0.6 is 7.82 Å². The van der Waals surface area contributed by atoms with Crippen LogP contribution in [0.15, 0.2) is 72.9 Å². The molecule has 0 saturated heterocycles. The maximum Gasteiger partial charge on any atom is 0.306 e. The molecule has 0 fully saturated rings. The summed E-state index contributed by atoms with van der Waals surface area (Å²) in [5, 5.41) is 0. The summed E-state index contributed by atoms with van der Waals surface area (Å²) in [6, 6.07) is 0. The number of nitrogens with zero attached hydrogens (tertiary/aromatic N) is 1. The number of allylic oxidation sites excluding steroid dienone is 12. The van der Waals surface area contributed by atoms with Crippen LogP contribution in [0.3, 0.4) is 0 Å². The lowest BCUT2D eigenvalue weighted by Crippen LogP contribution is -2.37. The molecule has 0 bridgehead atoms. The lowest BCUT2D eigenvalue weighted by molar-refractivity contribution is -0.870. The SMILES string of the molecule is CC/C=C\C/C=C\C/C=C\C/C=C\CCCCCCCCCCCCCCC(=O)OC(COC(=O)CCCCCCCCCCCCC/C=C\C/C=C\CCCCCCC)COP(=O)([O-])OCC[N+](C)(C)C. The average Bonchev–Trinajstić information content (AvgIpc) is 3.34. The van der Waals surface area contributed by atoms with E-state index in [1.807, 2.05) is 21.1 Å². The van der Waals surface area contributed by atoms with Gasteiger partial charge in [0.15, 0.2) is 6.10 Å². The highest BCUT2D eigenvalue weighted by Crippen LogP contribution is 2.38. The van der Waals surface area contributed by atoms with E-state index in [-0.39, 0.29) is 32.0 Å². The van der Waals surface area contributed by atoms with Crippen molar-refractivity contribution in [1.82, 2.24) is 0 Å². The fraction of sp³-hybridized carbons (Fsp3) is 0.774. The highest BCUT2D eigenvalue weighted by molar-refractivity contribution is 7.45. The molecule has 0 radical (unpaired) electrons. The number of carbonyl (C=O) groups is 2. The Bertz CT molecular complexity index is 1450. The van der Waals surface area contributed by atoms with Crippen molar-refractivity contribution < 1.29 is 42.1 Å². The van der Waals surface area contributed by atoms with Crippen molar-refractivity contribution >= 4 is 19.8 Å². The van der Waals surface area contributed by atoms with E-state index in [1.54, 1.807) is 0 Å². The Hall–Kier alpha value is -2.55. The Morgan fingerprint density at radius 1 is 0.444 bits per heavy atom. The van der Waals surface area contributed by atoms with Crippen molar-refractivity contribution in [3.05, 3.63) is 72.9 Å².